The maximum atomic E-state index is 12.5. The summed E-state index contributed by atoms with van der Waals surface area (Å²) in [4.78, 5) is 30.8. The number of ketones is 1. The molecule has 0 unspecified atom stereocenters. The number of benzene rings is 2. The van der Waals surface area contributed by atoms with Gasteiger partial charge in [0.25, 0.3) is 0 Å². The quantitative estimate of drug-likeness (QED) is 0.538. The maximum Gasteiger partial charge on any atom is 0.226 e. The number of nitrogens with zero attached hydrogens (tertiary/aromatic N) is 2. The van der Waals surface area contributed by atoms with E-state index in [0.29, 0.717) is 19.3 Å². The highest BCUT2D eigenvalue weighted by Crippen LogP contribution is 2.36. The van der Waals surface area contributed by atoms with Crippen molar-refractivity contribution in [3.05, 3.63) is 83.2 Å². The monoisotopic (exact) mass is 398 g/mol. The lowest BCUT2D eigenvalue weighted by Crippen LogP contribution is -2.28. The van der Waals surface area contributed by atoms with E-state index < -0.39 is 0 Å². The SMILES string of the molecule is CCC(=O)N1CCc2cc(-c3ccc(C(=O)CCc4cccnc4)cc3)cc(C)c21. The normalized spacial score (nSPS) is 12.7. The third-order valence-electron chi connectivity index (χ3n) is 5.76. The van der Waals surface area contributed by atoms with E-state index in [-0.39, 0.29) is 11.7 Å². The van der Waals surface area contributed by atoms with Crippen LogP contribution in [0.3, 0.4) is 0 Å². The fourth-order valence-electron chi connectivity index (χ4n) is 4.18. The van der Waals surface area contributed by atoms with Crippen LogP contribution in [-0.2, 0) is 17.6 Å². The summed E-state index contributed by atoms with van der Waals surface area (Å²) in [6, 6.07) is 16.1. The zero-order valence-corrected chi connectivity index (χ0v) is 17.5. The Labute approximate surface area is 177 Å². The molecule has 0 radical (unpaired) electrons. The van der Waals surface area contributed by atoms with Gasteiger partial charge in [0, 0.05) is 43.0 Å². The molecule has 1 amide bonds. The summed E-state index contributed by atoms with van der Waals surface area (Å²) < 4.78 is 0. The third kappa shape index (κ3) is 4.04. The molecule has 30 heavy (non-hydrogen) atoms. The van der Waals surface area contributed by atoms with Gasteiger partial charge in [-0.1, -0.05) is 37.3 Å². The Morgan fingerprint density at radius 1 is 1.07 bits per heavy atom. The smallest absolute Gasteiger partial charge is 0.226 e. The van der Waals surface area contributed by atoms with Crippen LogP contribution >= 0.6 is 0 Å². The largest absolute Gasteiger partial charge is 0.312 e. The van der Waals surface area contributed by atoms with E-state index in [9.17, 15) is 9.59 Å². The number of Topliss-reactive ketones (excluding diaryl/α,β-unsaturated/α-hetero) is 1. The standard InChI is InChI=1S/C26H26N2O2/c1-3-25(30)28-14-12-22-16-23(15-18(2)26(22)28)20-7-9-21(10-8-20)24(29)11-6-19-5-4-13-27-17-19/h4-5,7-10,13,15-17H,3,6,11-12,14H2,1-2H3. The van der Waals surface area contributed by atoms with Crippen LogP contribution in [0.5, 0.6) is 0 Å². The molecule has 4 heteroatoms. The molecule has 0 bridgehead atoms. The minimum atomic E-state index is 0.143. The molecular weight excluding hydrogens is 372 g/mol. The van der Waals surface area contributed by atoms with Gasteiger partial charge >= 0.3 is 0 Å². The predicted octanol–water partition coefficient (Wildman–Crippen LogP) is 5.17. The van der Waals surface area contributed by atoms with Crippen molar-refractivity contribution in [2.45, 2.75) is 39.5 Å². The van der Waals surface area contributed by atoms with E-state index >= 15 is 0 Å². The van der Waals surface area contributed by atoms with Crippen LogP contribution in [0.25, 0.3) is 11.1 Å². The number of pyridine rings is 1. The molecule has 1 aliphatic heterocycles. The second-order valence-electron chi connectivity index (χ2n) is 7.81. The first kappa shape index (κ1) is 20.0. The van der Waals surface area contributed by atoms with Crippen molar-refractivity contribution in [3.63, 3.8) is 0 Å². The Morgan fingerprint density at radius 2 is 1.87 bits per heavy atom. The van der Waals surface area contributed by atoms with E-state index in [1.54, 1.807) is 6.20 Å². The van der Waals surface area contributed by atoms with Gasteiger partial charge in [0.2, 0.25) is 5.91 Å². The molecule has 1 aromatic heterocycles. The summed E-state index contributed by atoms with van der Waals surface area (Å²) in [7, 11) is 0. The van der Waals surface area contributed by atoms with E-state index in [2.05, 4.69) is 24.0 Å². The van der Waals surface area contributed by atoms with Crippen molar-refractivity contribution in [1.29, 1.82) is 0 Å². The number of aromatic nitrogens is 1. The number of hydrogen-bond donors (Lipinski definition) is 0. The van der Waals surface area contributed by atoms with Gasteiger partial charge in [-0.25, -0.2) is 0 Å². The van der Waals surface area contributed by atoms with Gasteiger partial charge < -0.3 is 4.90 Å². The summed E-state index contributed by atoms with van der Waals surface area (Å²) in [5, 5.41) is 0. The van der Waals surface area contributed by atoms with E-state index in [4.69, 9.17) is 0 Å². The number of carbonyl (C=O) groups excluding carboxylic acids is 2. The minimum absolute atomic E-state index is 0.143. The molecule has 1 aliphatic rings. The topological polar surface area (TPSA) is 50.3 Å². The van der Waals surface area contributed by atoms with Crippen molar-refractivity contribution in [2.24, 2.45) is 0 Å². The predicted molar refractivity (Wildman–Crippen MR) is 120 cm³/mol. The van der Waals surface area contributed by atoms with Crippen LogP contribution in [-0.4, -0.2) is 23.2 Å². The van der Waals surface area contributed by atoms with Crippen LogP contribution in [0.1, 0.15) is 46.8 Å². The molecule has 4 rings (SSSR count). The van der Waals surface area contributed by atoms with Gasteiger partial charge in [-0.15, -0.1) is 0 Å². The molecule has 2 heterocycles. The number of amides is 1. The fourth-order valence-corrected chi connectivity index (χ4v) is 4.18. The first-order valence-corrected chi connectivity index (χ1v) is 10.5. The molecule has 3 aromatic rings. The van der Waals surface area contributed by atoms with Crippen LogP contribution < -0.4 is 4.90 Å². The lowest BCUT2D eigenvalue weighted by Gasteiger charge is -2.19. The zero-order chi connectivity index (χ0) is 21.1. The fraction of sp³-hybridized carbons (Fsp3) is 0.269. The molecule has 0 aliphatic carbocycles. The molecule has 0 spiro atoms. The van der Waals surface area contributed by atoms with E-state index in [1.165, 1.54) is 5.56 Å². The van der Waals surface area contributed by atoms with Gasteiger partial charge in [0.1, 0.15) is 0 Å². The molecule has 0 fully saturated rings. The molecule has 2 aromatic carbocycles. The Bertz CT molecular complexity index is 1070. The summed E-state index contributed by atoms with van der Waals surface area (Å²) in [5.74, 6) is 0.322. The van der Waals surface area contributed by atoms with Gasteiger partial charge in [-0.3, -0.25) is 14.6 Å². The first-order chi connectivity index (χ1) is 14.6. The molecule has 0 N–H and O–H groups in total. The van der Waals surface area contributed by atoms with Crippen molar-refractivity contribution in [3.8, 4) is 11.1 Å². The van der Waals surface area contributed by atoms with Crippen molar-refractivity contribution < 1.29 is 9.59 Å². The number of anilines is 1. The number of hydrogen-bond acceptors (Lipinski definition) is 3. The number of carbonyl (C=O) groups is 2. The van der Waals surface area contributed by atoms with Gasteiger partial charge in [0.05, 0.1) is 0 Å². The van der Waals surface area contributed by atoms with Gasteiger partial charge in [-0.2, -0.15) is 0 Å². The Kier molecular flexibility index (Phi) is 5.75. The Morgan fingerprint density at radius 3 is 2.57 bits per heavy atom. The molecular formula is C26H26N2O2. The summed E-state index contributed by atoms with van der Waals surface area (Å²) >= 11 is 0. The first-order valence-electron chi connectivity index (χ1n) is 10.5. The van der Waals surface area contributed by atoms with Crippen LogP contribution in [0.15, 0.2) is 60.9 Å². The highest BCUT2D eigenvalue weighted by atomic mass is 16.2. The summed E-state index contributed by atoms with van der Waals surface area (Å²) in [6.45, 7) is 4.74. The third-order valence-corrected chi connectivity index (χ3v) is 5.76. The highest BCUT2D eigenvalue weighted by Gasteiger charge is 2.25. The average molecular weight is 399 g/mol. The lowest BCUT2D eigenvalue weighted by molar-refractivity contribution is -0.118. The molecule has 4 nitrogen and oxygen atoms in total. The van der Waals surface area contributed by atoms with Crippen LogP contribution in [0.4, 0.5) is 5.69 Å². The zero-order valence-electron chi connectivity index (χ0n) is 17.5. The molecule has 0 saturated carbocycles. The second-order valence-corrected chi connectivity index (χ2v) is 7.81. The van der Waals surface area contributed by atoms with E-state index in [1.807, 2.05) is 54.4 Å². The summed E-state index contributed by atoms with van der Waals surface area (Å²) in [5.41, 5.74) is 7.46. The van der Waals surface area contributed by atoms with Gasteiger partial charge in [0.15, 0.2) is 5.78 Å². The Hall–Kier alpha value is -3.27. The summed E-state index contributed by atoms with van der Waals surface area (Å²) in [6.07, 6.45) is 6.14. The highest BCUT2D eigenvalue weighted by molar-refractivity contribution is 5.98. The second kappa shape index (κ2) is 8.62. The van der Waals surface area contributed by atoms with Crippen molar-refractivity contribution in [1.82, 2.24) is 4.98 Å². The Balaban J connectivity index is 1.50. The van der Waals surface area contributed by atoms with Crippen molar-refractivity contribution in [2.75, 3.05) is 11.4 Å². The van der Waals surface area contributed by atoms with Gasteiger partial charge in [-0.05, 0) is 65.8 Å². The number of aryl methyl sites for hydroxylation is 2. The maximum absolute atomic E-state index is 12.5. The van der Waals surface area contributed by atoms with Crippen LogP contribution in [0, 0.1) is 6.92 Å². The molecule has 152 valence electrons. The molecule has 0 saturated heterocycles. The number of rotatable bonds is 6. The average Bonchev–Trinajstić information content (AvgIpc) is 3.22. The lowest BCUT2D eigenvalue weighted by atomic mass is 9.96. The number of fused-ring (bicyclic) bond motifs is 1. The molecule has 0 atom stereocenters. The van der Waals surface area contributed by atoms with Crippen LogP contribution in [0.2, 0.25) is 0 Å². The minimum Gasteiger partial charge on any atom is -0.312 e. The van der Waals surface area contributed by atoms with Crippen molar-refractivity contribution >= 4 is 17.4 Å². The van der Waals surface area contributed by atoms with E-state index in [0.717, 1.165) is 46.5 Å².